The Morgan fingerprint density at radius 3 is 2.86 bits per heavy atom. The van der Waals surface area contributed by atoms with Crippen LogP contribution in [0.3, 0.4) is 0 Å². The minimum absolute atomic E-state index is 0.894. The molecule has 0 aliphatic rings. The lowest BCUT2D eigenvalue weighted by molar-refractivity contribution is 1.19. The smallest absolute Gasteiger partial charge is 0.0459 e. The zero-order chi connectivity index (χ0) is 10.1. The number of benzene rings is 1. The van der Waals surface area contributed by atoms with Crippen molar-refractivity contribution in [1.29, 1.82) is 0 Å². The first-order valence-corrected chi connectivity index (χ1v) is 6.65. The second kappa shape index (κ2) is 3.83. The highest BCUT2D eigenvalue weighted by Crippen LogP contribution is 2.36. The van der Waals surface area contributed by atoms with Crippen LogP contribution in [0, 0.1) is 0 Å². The highest BCUT2D eigenvalue weighted by molar-refractivity contribution is 7.99. The molecule has 14 heavy (non-hydrogen) atoms. The highest BCUT2D eigenvalue weighted by Gasteiger charge is 2.07. The van der Waals surface area contributed by atoms with E-state index in [2.05, 4.69) is 25.3 Å². The van der Waals surface area contributed by atoms with Gasteiger partial charge in [0.2, 0.25) is 0 Å². The molecule has 1 aromatic heterocycles. The van der Waals surface area contributed by atoms with Gasteiger partial charge in [-0.1, -0.05) is 6.92 Å². The molecule has 0 unspecified atom stereocenters. The van der Waals surface area contributed by atoms with Crippen LogP contribution >= 0.6 is 23.1 Å². The largest absolute Gasteiger partial charge is 0.398 e. The van der Waals surface area contributed by atoms with Gasteiger partial charge in [0, 0.05) is 25.5 Å². The summed E-state index contributed by atoms with van der Waals surface area (Å²) in [5, 5.41) is 1.32. The molecule has 1 aromatic carbocycles. The molecular weight excluding hydrogens is 210 g/mol. The number of anilines is 1. The fourth-order valence-electron chi connectivity index (χ4n) is 1.56. The van der Waals surface area contributed by atoms with Crippen molar-refractivity contribution in [2.75, 3.05) is 12.0 Å². The molecule has 1 heterocycles. The van der Waals surface area contributed by atoms with E-state index in [9.17, 15) is 0 Å². The van der Waals surface area contributed by atoms with Crippen molar-refractivity contribution >= 4 is 38.9 Å². The van der Waals surface area contributed by atoms with E-state index in [0.29, 0.717) is 0 Å². The zero-order valence-electron chi connectivity index (χ0n) is 8.33. The quantitative estimate of drug-likeness (QED) is 0.619. The molecule has 0 bridgehead atoms. The van der Waals surface area contributed by atoms with Crippen LogP contribution in [-0.4, -0.2) is 6.26 Å². The van der Waals surface area contributed by atoms with E-state index >= 15 is 0 Å². The lowest BCUT2D eigenvalue weighted by Gasteiger charge is -2.02. The van der Waals surface area contributed by atoms with E-state index in [4.69, 9.17) is 5.73 Å². The summed E-state index contributed by atoms with van der Waals surface area (Å²) in [5.74, 6) is 0. The number of fused-ring (bicyclic) bond motifs is 1. The number of hydrogen-bond acceptors (Lipinski definition) is 3. The molecule has 2 aromatic rings. The van der Waals surface area contributed by atoms with E-state index in [1.807, 2.05) is 17.4 Å². The molecule has 1 nitrogen and oxygen atoms in total. The lowest BCUT2D eigenvalue weighted by Crippen LogP contribution is -1.87. The van der Waals surface area contributed by atoms with Crippen LogP contribution < -0.4 is 5.73 Å². The fraction of sp³-hybridized carbons (Fsp3) is 0.273. The van der Waals surface area contributed by atoms with Crippen molar-refractivity contribution in [3.63, 3.8) is 0 Å². The number of nitrogens with two attached hydrogens (primary N) is 1. The molecule has 2 rings (SSSR count). The van der Waals surface area contributed by atoms with E-state index < -0.39 is 0 Å². The predicted molar refractivity (Wildman–Crippen MR) is 67.4 cm³/mol. The molecule has 0 spiro atoms. The third-order valence-corrected chi connectivity index (χ3v) is 4.39. The summed E-state index contributed by atoms with van der Waals surface area (Å²) >= 11 is 3.60. The van der Waals surface area contributed by atoms with Gasteiger partial charge in [-0.15, -0.1) is 23.1 Å². The Morgan fingerprint density at radius 2 is 2.21 bits per heavy atom. The van der Waals surface area contributed by atoms with Gasteiger partial charge >= 0.3 is 0 Å². The van der Waals surface area contributed by atoms with E-state index in [0.717, 1.165) is 12.1 Å². The van der Waals surface area contributed by atoms with Crippen molar-refractivity contribution in [2.45, 2.75) is 18.2 Å². The molecule has 0 saturated heterocycles. The monoisotopic (exact) mass is 223 g/mol. The summed E-state index contributed by atoms with van der Waals surface area (Å²) in [7, 11) is 0. The summed E-state index contributed by atoms with van der Waals surface area (Å²) in [6.45, 7) is 2.19. The maximum absolute atomic E-state index is 5.93. The van der Waals surface area contributed by atoms with Crippen LogP contribution in [-0.2, 0) is 6.42 Å². The van der Waals surface area contributed by atoms with Gasteiger partial charge in [0.1, 0.15) is 0 Å². The van der Waals surface area contributed by atoms with Crippen LogP contribution in [0.5, 0.6) is 0 Å². The van der Waals surface area contributed by atoms with Gasteiger partial charge < -0.3 is 5.73 Å². The van der Waals surface area contributed by atoms with Crippen LogP contribution in [0.4, 0.5) is 5.69 Å². The number of nitrogen functional groups attached to an aromatic ring is 1. The Hall–Kier alpha value is -0.670. The van der Waals surface area contributed by atoms with Crippen molar-refractivity contribution in [1.82, 2.24) is 0 Å². The minimum Gasteiger partial charge on any atom is -0.398 e. The summed E-state index contributed by atoms with van der Waals surface area (Å²) in [4.78, 5) is 2.65. The maximum atomic E-state index is 5.93. The fourth-order valence-corrected chi connectivity index (χ4v) is 3.33. The first-order valence-electron chi connectivity index (χ1n) is 4.61. The summed E-state index contributed by atoms with van der Waals surface area (Å²) in [6, 6.07) is 6.39. The molecule has 0 aliphatic heterocycles. The topological polar surface area (TPSA) is 26.0 Å². The number of rotatable bonds is 2. The van der Waals surface area contributed by atoms with Gasteiger partial charge in [-0.2, -0.15) is 0 Å². The predicted octanol–water partition coefficient (Wildman–Crippen LogP) is 3.77. The lowest BCUT2D eigenvalue weighted by atomic mass is 10.2. The molecule has 2 N–H and O–H groups in total. The second-order valence-electron chi connectivity index (χ2n) is 3.17. The summed E-state index contributed by atoms with van der Waals surface area (Å²) in [6.07, 6.45) is 3.18. The molecule has 0 atom stereocenters. The number of aryl methyl sites for hydroxylation is 1. The summed E-state index contributed by atoms with van der Waals surface area (Å²) in [5.41, 5.74) is 6.83. The Bertz CT molecular complexity index is 460. The number of thioether (sulfide) groups is 1. The molecule has 0 saturated carbocycles. The van der Waals surface area contributed by atoms with Crippen molar-refractivity contribution < 1.29 is 0 Å². The third-order valence-electron chi connectivity index (χ3n) is 2.29. The highest BCUT2D eigenvalue weighted by atomic mass is 32.2. The molecule has 0 amide bonds. The van der Waals surface area contributed by atoms with Gasteiger partial charge in [-0.25, -0.2) is 0 Å². The molecule has 0 radical (unpaired) electrons. The third kappa shape index (κ3) is 1.51. The molecule has 3 heteroatoms. The zero-order valence-corrected chi connectivity index (χ0v) is 9.97. The Kier molecular flexibility index (Phi) is 2.70. The van der Waals surface area contributed by atoms with Gasteiger partial charge in [0.05, 0.1) is 0 Å². The number of hydrogen-bond donors (Lipinski definition) is 1. The first-order chi connectivity index (χ1) is 6.76. The van der Waals surface area contributed by atoms with Gasteiger partial charge in [0.25, 0.3) is 0 Å². The van der Waals surface area contributed by atoms with Crippen LogP contribution in [0.15, 0.2) is 23.1 Å². The Morgan fingerprint density at radius 1 is 1.43 bits per heavy atom. The number of thiophene rings is 1. The molecule has 0 aliphatic carbocycles. The van der Waals surface area contributed by atoms with E-state index in [-0.39, 0.29) is 0 Å². The summed E-state index contributed by atoms with van der Waals surface area (Å²) < 4.78 is 1.35. The van der Waals surface area contributed by atoms with Crippen LogP contribution in [0.1, 0.15) is 11.8 Å². The average molecular weight is 223 g/mol. The Balaban J connectivity index is 2.73. The van der Waals surface area contributed by atoms with Crippen LogP contribution in [0.25, 0.3) is 10.1 Å². The van der Waals surface area contributed by atoms with Gasteiger partial charge in [0.15, 0.2) is 0 Å². The normalized spacial score (nSPS) is 11.0. The van der Waals surface area contributed by atoms with Gasteiger partial charge in [-0.3, -0.25) is 0 Å². The molecular formula is C11H13NS2. The van der Waals surface area contributed by atoms with Gasteiger partial charge in [-0.05, 0) is 30.9 Å². The van der Waals surface area contributed by atoms with Crippen LogP contribution in [0.2, 0.25) is 0 Å². The molecule has 74 valence electrons. The van der Waals surface area contributed by atoms with E-state index in [1.165, 1.54) is 19.9 Å². The Labute approximate surface area is 92.3 Å². The SMILES string of the molecule is CCc1cc2c(SC)c(N)ccc2s1. The van der Waals surface area contributed by atoms with Crippen molar-refractivity contribution in [2.24, 2.45) is 0 Å². The second-order valence-corrected chi connectivity index (χ2v) is 5.15. The maximum Gasteiger partial charge on any atom is 0.0459 e. The molecule has 0 fully saturated rings. The standard InChI is InChI=1S/C11H13NS2/c1-3-7-6-8-10(14-7)5-4-9(12)11(8)13-2/h4-6H,3,12H2,1-2H3. The first kappa shape index (κ1) is 9.87. The van der Waals surface area contributed by atoms with Crippen molar-refractivity contribution in [3.8, 4) is 0 Å². The minimum atomic E-state index is 0.894. The van der Waals surface area contributed by atoms with E-state index in [1.54, 1.807) is 11.8 Å². The van der Waals surface area contributed by atoms with Crippen molar-refractivity contribution in [3.05, 3.63) is 23.1 Å². The average Bonchev–Trinajstić information content (AvgIpc) is 2.60.